The van der Waals surface area contributed by atoms with E-state index in [2.05, 4.69) is 33.4 Å². The summed E-state index contributed by atoms with van der Waals surface area (Å²) in [6, 6.07) is 16.0. The minimum atomic E-state index is -0.587. The number of hydrogen-bond donors (Lipinski definition) is 1. The molecule has 24 heavy (non-hydrogen) atoms. The van der Waals surface area contributed by atoms with Gasteiger partial charge in [-0.15, -0.1) is 0 Å². The first-order chi connectivity index (χ1) is 11.6. The summed E-state index contributed by atoms with van der Waals surface area (Å²) in [4.78, 5) is 1.64. The number of nitrogens with one attached hydrogen (secondary N) is 1. The lowest BCUT2D eigenvalue weighted by Gasteiger charge is -2.31. The van der Waals surface area contributed by atoms with E-state index in [0.29, 0.717) is 6.42 Å². The molecule has 1 fully saturated rings. The lowest BCUT2D eigenvalue weighted by atomic mass is 9.81. The molecule has 0 bridgehead atoms. The average Bonchev–Trinajstić information content (AvgIpc) is 2.88. The number of methoxy groups -OCH3 is 1. The molecule has 0 amide bonds. The predicted octanol–water partition coefficient (Wildman–Crippen LogP) is 4.37. The van der Waals surface area contributed by atoms with Crippen molar-refractivity contribution in [3.05, 3.63) is 64.1 Å². The molecule has 1 unspecified atom stereocenters. The van der Waals surface area contributed by atoms with Gasteiger partial charge in [-0.05, 0) is 35.4 Å². The zero-order valence-corrected chi connectivity index (χ0v) is 16.3. The molecule has 0 aliphatic carbocycles. The zero-order chi connectivity index (χ0) is 17.2. The fourth-order valence-corrected chi connectivity index (χ4v) is 4.10. The lowest BCUT2D eigenvalue weighted by molar-refractivity contribution is 0.0511. The quantitative estimate of drug-likeness (QED) is 0.572. The summed E-state index contributed by atoms with van der Waals surface area (Å²) in [5.41, 5.74) is 1.51. The van der Waals surface area contributed by atoms with Gasteiger partial charge >= 0.3 is 0 Å². The lowest BCUT2D eigenvalue weighted by Crippen LogP contribution is -2.43. The van der Waals surface area contributed by atoms with E-state index in [1.54, 1.807) is 7.11 Å². The molecule has 1 aliphatic heterocycles. The third kappa shape index (κ3) is 3.24. The second-order valence-electron chi connectivity index (χ2n) is 5.48. The maximum atomic E-state index is 5.72. The van der Waals surface area contributed by atoms with Gasteiger partial charge in [-0.3, -0.25) is 0 Å². The van der Waals surface area contributed by atoms with E-state index in [9.17, 15) is 0 Å². The molecule has 1 saturated heterocycles. The normalized spacial score (nSPS) is 20.1. The Labute approximate surface area is 160 Å². The Morgan fingerprint density at radius 1 is 1.12 bits per heavy atom. The molecule has 0 saturated carbocycles. The molecular weight excluding hydrogens is 406 g/mol. The Balaban J connectivity index is 2.06. The molecule has 1 N–H and O–H groups in total. The molecule has 2 aromatic carbocycles. The van der Waals surface area contributed by atoms with E-state index < -0.39 is 5.54 Å². The van der Waals surface area contributed by atoms with Crippen molar-refractivity contribution in [1.29, 1.82) is 0 Å². The average molecular weight is 422 g/mol. The third-order valence-corrected chi connectivity index (χ3v) is 5.14. The molecule has 3 nitrogen and oxygen atoms in total. The van der Waals surface area contributed by atoms with E-state index in [-0.39, 0.29) is 6.79 Å². The molecular formula is C18H16BrNO2S2. The van der Waals surface area contributed by atoms with Crippen LogP contribution in [0.2, 0.25) is 0 Å². The van der Waals surface area contributed by atoms with Gasteiger partial charge in [-0.25, -0.2) is 0 Å². The van der Waals surface area contributed by atoms with Gasteiger partial charge < -0.3 is 14.8 Å². The summed E-state index contributed by atoms with van der Waals surface area (Å²) in [5, 5.41) is 3.44. The van der Waals surface area contributed by atoms with Crippen molar-refractivity contribution in [2.24, 2.45) is 0 Å². The van der Waals surface area contributed by atoms with E-state index in [1.165, 1.54) is 0 Å². The summed E-state index contributed by atoms with van der Waals surface area (Å²) in [5.74, 6) is 0.747. The number of ether oxygens (including phenoxy) is 2. The van der Waals surface area contributed by atoms with E-state index in [4.69, 9.17) is 33.9 Å². The molecule has 1 atom stereocenters. The first-order valence-corrected chi connectivity index (χ1v) is 9.00. The number of hydrogen-bond acceptors (Lipinski definition) is 4. The van der Waals surface area contributed by atoms with Crippen molar-refractivity contribution >= 4 is 50.2 Å². The molecule has 124 valence electrons. The van der Waals surface area contributed by atoms with Crippen molar-refractivity contribution in [1.82, 2.24) is 5.32 Å². The third-order valence-electron chi connectivity index (χ3n) is 3.95. The van der Waals surface area contributed by atoms with E-state index in [0.717, 1.165) is 31.2 Å². The second kappa shape index (κ2) is 7.27. The highest BCUT2D eigenvalue weighted by atomic mass is 79.9. The van der Waals surface area contributed by atoms with Crippen LogP contribution < -0.4 is 10.1 Å². The van der Waals surface area contributed by atoms with Crippen LogP contribution in [-0.2, 0) is 10.3 Å². The van der Waals surface area contributed by atoms with Crippen LogP contribution in [0.4, 0.5) is 0 Å². The largest absolute Gasteiger partial charge is 0.468 e. The van der Waals surface area contributed by atoms with Gasteiger partial charge in [0.25, 0.3) is 0 Å². The molecule has 0 radical (unpaired) electrons. The molecule has 0 aromatic heterocycles. The SMILES string of the molecule is COCOc1ccc(C2(c3cccc(Br)c3)NC(=S)CC2=S)cc1. The highest BCUT2D eigenvalue weighted by Crippen LogP contribution is 2.38. The van der Waals surface area contributed by atoms with Gasteiger partial charge in [-0.1, -0.05) is 64.6 Å². The minimum absolute atomic E-state index is 0.219. The van der Waals surface area contributed by atoms with Crippen LogP contribution in [0.25, 0.3) is 0 Å². The van der Waals surface area contributed by atoms with Crippen LogP contribution >= 0.6 is 40.4 Å². The molecule has 1 aliphatic rings. The molecule has 3 rings (SSSR count). The standard InChI is InChI=1S/C18H16BrNO2S2/c1-21-11-22-15-7-5-12(6-8-15)18(16(23)10-17(24)20-18)13-3-2-4-14(19)9-13/h2-9H,10-11H2,1H3,(H,20,24). The van der Waals surface area contributed by atoms with Crippen LogP contribution in [0.5, 0.6) is 5.75 Å². The Bertz CT molecular complexity index is 779. The van der Waals surface area contributed by atoms with Gasteiger partial charge in [0, 0.05) is 22.9 Å². The summed E-state index contributed by atoms with van der Waals surface area (Å²) in [7, 11) is 1.60. The smallest absolute Gasteiger partial charge is 0.188 e. The number of halogens is 1. The fourth-order valence-electron chi connectivity index (χ4n) is 2.88. The fraction of sp³-hybridized carbons (Fsp3) is 0.222. The maximum Gasteiger partial charge on any atom is 0.188 e. The van der Waals surface area contributed by atoms with Gasteiger partial charge in [-0.2, -0.15) is 0 Å². The Morgan fingerprint density at radius 2 is 1.88 bits per heavy atom. The van der Waals surface area contributed by atoms with Crippen LogP contribution in [0.3, 0.4) is 0 Å². The Hall–Kier alpha value is -1.34. The van der Waals surface area contributed by atoms with Gasteiger partial charge in [0.1, 0.15) is 11.3 Å². The van der Waals surface area contributed by atoms with Crippen LogP contribution in [0.1, 0.15) is 17.5 Å². The second-order valence-corrected chi connectivity index (χ2v) is 7.38. The zero-order valence-electron chi connectivity index (χ0n) is 13.0. The van der Waals surface area contributed by atoms with Crippen molar-refractivity contribution in [3.8, 4) is 5.75 Å². The van der Waals surface area contributed by atoms with Crippen molar-refractivity contribution in [2.45, 2.75) is 12.0 Å². The molecule has 0 spiro atoms. The van der Waals surface area contributed by atoms with Gasteiger partial charge in [0.15, 0.2) is 6.79 Å². The highest BCUT2D eigenvalue weighted by molar-refractivity contribution is 9.10. The Morgan fingerprint density at radius 3 is 2.46 bits per heavy atom. The molecule has 6 heteroatoms. The predicted molar refractivity (Wildman–Crippen MR) is 107 cm³/mol. The molecule has 1 heterocycles. The summed E-state index contributed by atoms with van der Waals surface area (Å²) in [6.45, 7) is 0.219. The van der Waals surface area contributed by atoms with E-state index in [1.807, 2.05) is 36.4 Å². The summed E-state index contributed by atoms with van der Waals surface area (Å²) >= 11 is 14.7. The topological polar surface area (TPSA) is 30.5 Å². The Kier molecular flexibility index (Phi) is 5.30. The van der Waals surface area contributed by atoms with Crippen molar-refractivity contribution in [2.75, 3.05) is 13.9 Å². The first kappa shape index (κ1) is 17.5. The van der Waals surface area contributed by atoms with Gasteiger partial charge in [0.05, 0.1) is 4.99 Å². The van der Waals surface area contributed by atoms with Crippen molar-refractivity contribution in [3.63, 3.8) is 0 Å². The first-order valence-electron chi connectivity index (χ1n) is 7.39. The monoisotopic (exact) mass is 421 g/mol. The van der Waals surface area contributed by atoms with Crippen LogP contribution in [-0.4, -0.2) is 23.8 Å². The number of thiocarbonyl (C=S) groups is 2. The summed E-state index contributed by atoms with van der Waals surface area (Å²) < 4.78 is 11.4. The van der Waals surface area contributed by atoms with Gasteiger partial charge in [0.2, 0.25) is 0 Å². The van der Waals surface area contributed by atoms with Crippen molar-refractivity contribution < 1.29 is 9.47 Å². The van der Waals surface area contributed by atoms with E-state index >= 15 is 0 Å². The number of benzene rings is 2. The van der Waals surface area contributed by atoms with Crippen LogP contribution in [0.15, 0.2) is 53.0 Å². The summed E-state index contributed by atoms with van der Waals surface area (Å²) in [6.07, 6.45) is 0.610. The highest BCUT2D eigenvalue weighted by Gasteiger charge is 2.44. The minimum Gasteiger partial charge on any atom is -0.468 e. The molecule has 2 aromatic rings. The maximum absolute atomic E-state index is 5.72. The van der Waals surface area contributed by atoms with Crippen LogP contribution in [0, 0.1) is 0 Å². The number of rotatable bonds is 5.